The van der Waals surface area contributed by atoms with E-state index in [0.29, 0.717) is 24.3 Å². The summed E-state index contributed by atoms with van der Waals surface area (Å²) in [6.45, 7) is 0. The zero-order valence-corrected chi connectivity index (χ0v) is 10.4. The Balaban J connectivity index is 3.06. The van der Waals surface area contributed by atoms with Gasteiger partial charge in [-0.2, -0.15) is 43.5 Å². The van der Waals surface area contributed by atoms with Gasteiger partial charge in [-0.15, -0.1) is 0 Å². The average Bonchev–Trinajstić information content (AvgIpc) is 2.26. The van der Waals surface area contributed by atoms with Gasteiger partial charge in [-0.25, -0.2) is 0 Å². The second kappa shape index (κ2) is 5.00. The summed E-state index contributed by atoms with van der Waals surface area (Å²) in [6, 6.07) is 1.47. The van der Waals surface area contributed by atoms with Gasteiger partial charge in [0.15, 0.2) is 0 Å². The Morgan fingerprint density at radius 3 is 1.57 bits per heavy atom. The summed E-state index contributed by atoms with van der Waals surface area (Å²) in [6.07, 6.45) is -11.1. The largest absolute Gasteiger partial charge is 0.471 e. The molecule has 12 heteroatoms. The number of halogens is 8. The minimum atomic E-state index is -6.37. The molecule has 0 radical (unpaired) electrons. The molecule has 1 aromatic carbocycles. The minimum Gasteiger partial charge on any atom is -0.278 e. The summed E-state index contributed by atoms with van der Waals surface area (Å²) in [5, 5.41) is -6.09. The van der Waals surface area contributed by atoms with Crippen molar-refractivity contribution in [3.63, 3.8) is 0 Å². The van der Waals surface area contributed by atoms with E-state index in [9.17, 15) is 43.5 Å². The summed E-state index contributed by atoms with van der Waals surface area (Å²) in [7, 11) is -6.21. The molecule has 0 aliphatic heterocycles. The van der Waals surface area contributed by atoms with Crippen molar-refractivity contribution < 1.29 is 43.5 Å². The van der Waals surface area contributed by atoms with Crippen molar-refractivity contribution >= 4 is 15.7 Å². The lowest BCUT2D eigenvalue weighted by molar-refractivity contribution is -0.241. The third-order valence-corrected chi connectivity index (χ3v) is 3.54. The number of sulfonamides is 1. The predicted octanol–water partition coefficient (Wildman–Crippen LogP) is 3.60. The molecule has 0 heterocycles. The van der Waals surface area contributed by atoms with Crippen LogP contribution in [0.4, 0.5) is 40.8 Å². The third kappa shape index (κ3) is 3.54. The zero-order chi connectivity index (χ0) is 16.7. The predicted molar refractivity (Wildman–Crippen MR) is 55.0 cm³/mol. The number of alkyl halides is 8. The standard InChI is InChI=1S/C9H5F8NO2S/c10-7(11,12)5-1-3-6(4-2-5)18-21(19,20)9(16,17)8(13,14)15/h1-4,18H. The van der Waals surface area contributed by atoms with Crippen LogP contribution < -0.4 is 4.72 Å². The second-order valence-electron chi connectivity index (χ2n) is 3.70. The van der Waals surface area contributed by atoms with Gasteiger partial charge < -0.3 is 0 Å². The van der Waals surface area contributed by atoms with E-state index < -0.39 is 38.9 Å². The van der Waals surface area contributed by atoms with Gasteiger partial charge >= 0.3 is 27.6 Å². The van der Waals surface area contributed by atoms with Gasteiger partial charge in [-0.3, -0.25) is 4.72 Å². The third-order valence-electron chi connectivity index (χ3n) is 2.13. The molecule has 21 heavy (non-hydrogen) atoms. The molecule has 1 N–H and O–H groups in total. The fraction of sp³-hybridized carbons (Fsp3) is 0.333. The van der Waals surface area contributed by atoms with Gasteiger partial charge in [0.25, 0.3) is 0 Å². The molecule has 120 valence electrons. The Morgan fingerprint density at radius 1 is 0.810 bits per heavy atom. The number of hydrogen-bond acceptors (Lipinski definition) is 2. The quantitative estimate of drug-likeness (QED) is 0.853. The van der Waals surface area contributed by atoms with Crippen LogP contribution in [0.2, 0.25) is 0 Å². The van der Waals surface area contributed by atoms with Crippen LogP contribution in [-0.2, 0) is 16.2 Å². The van der Waals surface area contributed by atoms with E-state index >= 15 is 0 Å². The van der Waals surface area contributed by atoms with E-state index in [-0.39, 0.29) is 0 Å². The first kappa shape index (κ1) is 17.5. The van der Waals surface area contributed by atoms with Crippen molar-refractivity contribution in [2.24, 2.45) is 0 Å². The SMILES string of the molecule is O=S(=O)(Nc1ccc(C(F)(F)F)cc1)C(F)(F)C(F)(F)F. The lowest BCUT2D eigenvalue weighted by Crippen LogP contribution is -2.46. The molecule has 0 aliphatic rings. The molecule has 1 rings (SSSR count). The van der Waals surface area contributed by atoms with Gasteiger partial charge in [0.05, 0.1) is 5.56 Å². The summed E-state index contributed by atoms with van der Waals surface area (Å²) in [5.74, 6) is 0. The fourth-order valence-corrected chi connectivity index (χ4v) is 1.98. The average molecular weight is 343 g/mol. The molecule has 1 aromatic rings. The number of anilines is 1. The van der Waals surface area contributed by atoms with Crippen molar-refractivity contribution in [2.75, 3.05) is 4.72 Å². The lowest BCUT2D eigenvalue weighted by atomic mass is 10.2. The van der Waals surface area contributed by atoms with Crippen LogP contribution in [0.1, 0.15) is 5.56 Å². The lowest BCUT2D eigenvalue weighted by Gasteiger charge is -2.20. The molecule has 0 aromatic heterocycles. The zero-order valence-electron chi connectivity index (χ0n) is 9.56. The highest BCUT2D eigenvalue weighted by Crippen LogP contribution is 2.40. The van der Waals surface area contributed by atoms with Crippen molar-refractivity contribution in [1.82, 2.24) is 0 Å². The van der Waals surface area contributed by atoms with Crippen molar-refractivity contribution in [1.29, 1.82) is 0 Å². The van der Waals surface area contributed by atoms with Crippen molar-refractivity contribution in [3.05, 3.63) is 29.8 Å². The van der Waals surface area contributed by atoms with Crippen molar-refractivity contribution in [3.8, 4) is 0 Å². The number of rotatable bonds is 3. The van der Waals surface area contributed by atoms with Crippen LogP contribution in [0.3, 0.4) is 0 Å². The second-order valence-corrected chi connectivity index (χ2v) is 5.42. The Bertz CT molecular complexity index is 602. The molecule has 0 saturated heterocycles. The summed E-state index contributed by atoms with van der Waals surface area (Å²) >= 11 is 0. The molecular weight excluding hydrogens is 338 g/mol. The van der Waals surface area contributed by atoms with E-state index in [1.54, 1.807) is 0 Å². The van der Waals surface area contributed by atoms with Crippen LogP contribution in [-0.4, -0.2) is 19.8 Å². The Hall–Kier alpha value is -1.59. The first-order valence-corrected chi connectivity index (χ1v) is 6.31. The van der Waals surface area contributed by atoms with Gasteiger partial charge in [-0.1, -0.05) is 0 Å². The first-order valence-electron chi connectivity index (χ1n) is 4.82. The first-order chi connectivity index (χ1) is 9.18. The topological polar surface area (TPSA) is 46.2 Å². The molecule has 0 saturated carbocycles. The summed E-state index contributed by atoms with van der Waals surface area (Å²) in [4.78, 5) is 0. The molecule has 0 spiro atoms. The maximum absolute atomic E-state index is 12.7. The normalized spacial score (nSPS) is 14.1. The maximum Gasteiger partial charge on any atom is 0.471 e. The molecule has 3 nitrogen and oxygen atoms in total. The number of benzene rings is 1. The molecule has 0 fully saturated rings. The molecule has 0 atom stereocenters. The summed E-state index contributed by atoms with van der Waals surface area (Å²) in [5.41, 5.74) is -2.10. The molecule has 0 bridgehead atoms. The molecule has 0 unspecified atom stereocenters. The smallest absolute Gasteiger partial charge is 0.278 e. The van der Waals surface area contributed by atoms with Crippen LogP contribution in [0.25, 0.3) is 0 Å². The fourth-order valence-electron chi connectivity index (χ4n) is 1.10. The highest BCUT2D eigenvalue weighted by molar-refractivity contribution is 7.93. The Morgan fingerprint density at radius 2 is 1.24 bits per heavy atom. The molecule has 0 aliphatic carbocycles. The van der Waals surface area contributed by atoms with Gasteiger partial charge in [0.1, 0.15) is 0 Å². The minimum absolute atomic E-state index is 0.323. The van der Waals surface area contributed by atoms with Crippen LogP contribution in [0.5, 0.6) is 0 Å². The van der Waals surface area contributed by atoms with Crippen LogP contribution >= 0.6 is 0 Å². The molecule has 0 amide bonds. The van der Waals surface area contributed by atoms with Gasteiger partial charge in [0.2, 0.25) is 0 Å². The Labute approximate surface area is 112 Å². The van der Waals surface area contributed by atoms with E-state index in [1.807, 2.05) is 0 Å². The van der Waals surface area contributed by atoms with E-state index in [0.717, 1.165) is 4.72 Å². The molecular formula is C9H5F8NO2S. The van der Waals surface area contributed by atoms with Gasteiger partial charge in [0, 0.05) is 5.69 Å². The number of nitrogens with one attached hydrogen (secondary N) is 1. The monoisotopic (exact) mass is 343 g/mol. The Kier molecular flexibility index (Phi) is 4.16. The van der Waals surface area contributed by atoms with E-state index in [2.05, 4.69) is 0 Å². The maximum atomic E-state index is 12.7. The van der Waals surface area contributed by atoms with E-state index in [1.165, 1.54) is 0 Å². The van der Waals surface area contributed by atoms with Gasteiger partial charge in [-0.05, 0) is 24.3 Å². The van der Waals surface area contributed by atoms with E-state index in [4.69, 9.17) is 0 Å². The van der Waals surface area contributed by atoms with Crippen LogP contribution in [0.15, 0.2) is 24.3 Å². The highest BCUT2D eigenvalue weighted by atomic mass is 32.2. The van der Waals surface area contributed by atoms with Crippen LogP contribution in [0, 0.1) is 0 Å². The number of hydrogen-bond donors (Lipinski definition) is 1. The highest BCUT2D eigenvalue weighted by Gasteiger charge is 2.67. The van der Waals surface area contributed by atoms with Crippen molar-refractivity contribution in [2.45, 2.75) is 17.6 Å². The summed E-state index contributed by atoms with van der Waals surface area (Å²) < 4.78 is 121.